The molecule has 0 aliphatic heterocycles. The minimum absolute atomic E-state index is 0.430. The Morgan fingerprint density at radius 3 is 2.11 bits per heavy atom. The first kappa shape index (κ1) is 17.5. The van der Waals surface area contributed by atoms with Crippen LogP contribution in [0, 0.1) is 16.2 Å². The third-order valence-electron chi connectivity index (χ3n) is 5.59. The molecular formula is C18H37P. The molecule has 2 unspecified atom stereocenters. The van der Waals surface area contributed by atoms with Crippen LogP contribution < -0.4 is 0 Å². The quantitative estimate of drug-likeness (QED) is 0.409. The Bertz CT molecular complexity index is 252. The summed E-state index contributed by atoms with van der Waals surface area (Å²) in [7, 11) is 1.21. The van der Waals surface area contributed by atoms with Crippen LogP contribution >= 0.6 is 8.58 Å². The van der Waals surface area contributed by atoms with Crippen LogP contribution in [0.3, 0.4) is 0 Å². The second-order valence-electron chi connectivity index (χ2n) is 8.68. The lowest BCUT2D eigenvalue weighted by atomic mass is 9.49. The van der Waals surface area contributed by atoms with Gasteiger partial charge >= 0.3 is 0 Å². The molecule has 0 N–H and O–H groups in total. The maximum Gasteiger partial charge on any atom is -0.0194 e. The predicted molar refractivity (Wildman–Crippen MR) is 91.7 cm³/mol. The average Bonchev–Trinajstić information content (AvgIpc) is 2.27. The van der Waals surface area contributed by atoms with Crippen LogP contribution in [0.25, 0.3) is 0 Å². The monoisotopic (exact) mass is 284 g/mol. The van der Waals surface area contributed by atoms with Gasteiger partial charge in [0.15, 0.2) is 0 Å². The molecule has 19 heavy (non-hydrogen) atoms. The molecule has 0 amide bonds. The molecule has 1 aliphatic rings. The zero-order chi connectivity index (χ0) is 14.7. The summed E-state index contributed by atoms with van der Waals surface area (Å²) in [6.07, 6.45) is 10.1. The topological polar surface area (TPSA) is 0 Å². The summed E-state index contributed by atoms with van der Waals surface area (Å²) in [4.78, 5) is 0. The first-order chi connectivity index (χ1) is 8.64. The molecule has 1 saturated carbocycles. The van der Waals surface area contributed by atoms with Gasteiger partial charge in [0.1, 0.15) is 0 Å². The summed E-state index contributed by atoms with van der Waals surface area (Å²) in [5, 5.41) is 0. The highest BCUT2D eigenvalue weighted by molar-refractivity contribution is 7.38. The molecule has 1 rings (SSSR count). The summed E-state index contributed by atoms with van der Waals surface area (Å²) in [6, 6.07) is 0. The van der Waals surface area contributed by atoms with Gasteiger partial charge in [-0.25, -0.2) is 0 Å². The van der Waals surface area contributed by atoms with Gasteiger partial charge in [0.05, 0.1) is 0 Å². The number of rotatable bonds is 4. The van der Waals surface area contributed by atoms with E-state index in [1.54, 1.807) is 0 Å². The molecule has 1 fully saturated rings. The Hall–Kier alpha value is 0.430. The van der Waals surface area contributed by atoms with Crippen molar-refractivity contribution in [3.8, 4) is 0 Å². The van der Waals surface area contributed by atoms with E-state index in [-0.39, 0.29) is 0 Å². The zero-order valence-corrected chi connectivity index (χ0v) is 15.5. The van der Waals surface area contributed by atoms with Gasteiger partial charge in [-0.2, -0.15) is 0 Å². The number of hydrogen-bond acceptors (Lipinski definition) is 0. The van der Waals surface area contributed by atoms with Crippen molar-refractivity contribution >= 4 is 8.58 Å². The highest BCUT2D eigenvalue weighted by Crippen LogP contribution is 2.61. The molecule has 0 saturated heterocycles. The van der Waals surface area contributed by atoms with E-state index < -0.39 is 0 Å². The summed E-state index contributed by atoms with van der Waals surface area (Å²) < 4.78 is 0. The van der Waals surface area contributed by atoms with E-state index in [0.717, 1.165) is 5.66 Å². The molecule has 0 nitrogen and oxygen atoms in total. The van der Waals surface area contributed by atoms with Crippen LogP contribution in [-0.4, -0.2) is 11.8 Å². The molecule has 0 radical (unpaired) electrons. The molecule has 0 bridgehead atoms. The number of unbranched alkanes of at least 4 members (excludes halogenated alkanes) is 1. The van der Waals surface area contributed by atoms with E-state index in [0.29, 0.717) is 16.2 Å². The van der Waals surface area contributed by atoms with Crippen LogP contribution in [0.2, 0.25) is 0 Å². The Balaban J connectivity index is 2.82. The highest BCUT2D eigenvalue weighted by Gasteiger charge is 2.51. The third-order valence-corrected chi connectivity index (χ3v) is 7.30. The Morgan fingerprint density at radius 2 is 1.63 bits per heavy atom. The van der Waals surface area contributed by atoms with Crippen LogP contribution in [0.5, 0.6) is 0 Å². The number of hydrogen-bond donors (Lipinski definition) is 0. The minimum Gasteiger partial charge on any atom is -0.119 e. The molecular weight excluding hydrogens is 247 g/mol. The van der Waals surface area contributed by atoms with E-state index in [4.69, 9.17) is 0 Å². The fraction of sp³-hybridized carbons (Fsp3) is 1.00. The first-order valence-corrected chi connectivity index (χ1v) is 9.66. The first-order valence-electron chi connectivity index (χ1n) is 8.37. The van der Waals surface area contributed by atoms with Crippen molar-refractivity contribution in [2.75, 3.05) is 6.16 Å². The third kappa shape index (κ3) is 3.96. The van der Waals surface area contributed by atoms with E-state index >= 15 is 0 Å². The van der Waals surface area contributed by atoms with Crippen LogP contribution in [0.15, 0.2) is 0 Å². The maximum atomic E-state index is 2.48. The Kier molecular flexibility index (Phi) is 5.95. The van der Waals surface area contributed by atoms with Gasteiger partial charge in [0.2, 0.25) is 0 Å². The largest absolute Gasteiger partial charge is 0.119 e. The lowest BCUT2D eigenvalue weighted by molar-refractivity contribution is -0.0621. The van der Waals surface area contributed by atoms with E-state index in [2.05, 4.69) is 48.5 Å². The standard InChI is InChI=1S/C18H37P/c1-8-9-13-19-15-11-10-12-18(14-15,16(2,3)4)17(5,6)7/h15,19H,8-14H2,1-7H3. The van der Waals surface area contributed by atoms with Crippen molar-refractivity contribution in [3.05, 3.63) is 0 Å². The molecule has 1 heteroatoms. The summed E-state index contributed by atoms with van der Waals surface area (Å²) in [5.41, 5.74) is 2.40. The molecule has 0 aromatic heterocycles. The van der Waals surface area contributed by atoms with Gasteiger partial charge in [0, 0.05) is 0 Å². The van der Waals surface area contributed by atoms with E-state index in [1.807, 2.05) is 0 Å². The second-order valence-corrected chi connectivity index (χ2v) is 10.4. The Labute approximate surface area is 124 Å². The zero-order valence-electron chi connectivity index (χ0n) is 14.5. The molecule has 0 heterocycles. The molecule has 0 aromatic carbocycles. The van der Waals surface area contributed by atoms with Crippen molar-refractivity contribution in [2.45, 2.75) is 92.7 Å². The van der Waals surface area contributed by atoms with Gasteiger partial charge in [0.25, 0.3) is 0 Å². The van der Waals surface area contributed by atoms with Crippen molar-refractivity contribution in [1.29, 1.82) is 0 Å². The smallest absolute Gasteiger partial charge is 0.0194 e. The van der Waals surface area contributed by atoms with Crippen LogP contribution in [-0.2, 0) is 0 Å². The van der Waals surface area contributed by atoms with Crippen molar-refractivity contribution in [2.24, 2.45) is 16.2 Å². The normalized spacial score (nSPS) is 25.1. The van der Waals surface area contributed by atoms with Crippen molar-refractivity contribution in [3.63, 3.8) is 0 Å². The molecule has 0 spiro atoms. The highest BCUT2D eigenvalue weighted by atomic mass is 31.1. The van der Waals surface area contributed by atoms with Crippen LogP contribution in [0.1, 0.15) is 87.0 Å². The van der Waals surface area contributed by atoms with Crippen molar-refractivity contribution < 1.29 is 0 Å². The molecule has 1 aliphatic carbocycles. The van der Waals surface area contributed by atoms with E-state index in [1.165, 1.54) is 53.3 Å². The minimum atomic E-state index is 0.430. The van der Waals surface area contributed by atoms with Gasteiger partial charge in [-0.1, -0.05) is 61.3 Å². The van der Waals surface area contributed by atoms with Gasteiger partial charge in [-0.15, -0.1) is 8.58 Å². The molecule has 114 valence electrons. The molecule has 0 aromatic rings. The van der Waals surface area contributed by atoms with Gasteiger partial charge < -0.3 is 0 Å². The van der Waals surface area contributed by atoms with Gasteiger partial charge in [-0.05, 0) is 53.7 Å². The summed E-state index contributed by atoms with van der Waals surface area (Å²) in [6.45, 7) is 17.2. The SMILES string of the molecule is CCCCPC1CCCC(C(C)(C)C)(C(C)(C)C)C1. The Morgan fingerprint density at radius 1 is 1.05 bits per heavy atom. The van der Waals surface area contributed by atoms with E-state index in [9.17, 15) is 0 Å². The fourth-order valence-corrected chi connectivity index (χ4v) is 6.29. The predicted octanol–water partition coefficient (Wildman–Crippen LogP) is 6.49. The van der Waals surface area contributed by atoms with Crippen LogP contribution in [0.4, 0.5) is 0 Å². The van der Waals surface area contributed by atoms with Crippen molar-refractivity contribution in [1.82, 2.24) is 0 Å². The molecule has 2 atom stereocenters. The fourth-order valence-electron chi connectivity index (χ4n) is 4.42. The maximum absolute atomic E-state index is 2.48. The average molecular weight is 284 g/mol. The second kappa shape index (κ2) is 6.46. The summed E-state index contributed by atoms with van der Waals surface area (Å²) in [5.74, 6) is 0. The summed E-state index contributed by atoms with van der Waals surface area (Å²) >= 11 is 0. The lowest BCUT2D eigenvalue weighted by Crippen LogP contribution is -2.49. The van der Waals surface area contributed by atoms with Gasteiger partial charge in [-0.3, -0.25) is 0 Å². The lowest BCUT2D eigenvalue weighted by Gasteiger charge is -2.58.